The van der Waals surface area contributed by atoms with Gasteiger partial charge in [0, 0.05) is 0 Å². The molecule has 1 fully saturated rings. The molecule has 0 bridgehead atoms. The molecule has 0 amide bonds. The second-order valence-electron chi connectivity index (χ2n) is 6.16. The van der Waals surface area contributed by atoms with E-state index in [1.54, 1.807) is 0 Å². The van der Waals surface area contributed by atoms with E-state index in [9.17, 15) is 19.2 Å². The van der Waals surface area contributed by atoms with Gasteiger partial charge in [0.05, 0.1) is 6.42 Å². The third-order valence-electron chi connectivity index (χ3n) is 3.69. The van der Waals surface area contributed by atoms with Crippen molar-refractivity contribution in [2.75, 3.05) is 6.54 Å². The third-order valence-corrected chi connectivity index (χ3v) is 3.69. The zero-order chi connectivity index (χ0) is 22.4. The molecular weight excluding hydrogens is 386 g/mol. The van der Waals surface area contributed by atoms with Crippen LogP contribution in [0.3, 0.4) is 0 Å². The largest absolute Gasteiger partial charge is 0.481 e. The smallest absolute Gasteiger partial charge is 0.321 e. The topological polar surface area (TPSA) is 213 Å². The number of carbonyl (C=O) groups is 4. The summed E-state index contributed by atoms with van der Waals surface area (Å²) in [6.07, 6.45) is 1.64. The maximum absolute atomic E-state index is 10.4. The summed E-state index contributed by atoms with van der Waals surface area (Å²) in [5.41, 5.74) is 11.1. The molecule has 1 aliphatic heterocycles. The third kappa shape index (κ3) is 12.9. The Morgan fingerprint density at radius 3 is 1.83 bits per heavy atom. The summed E-state index contributed by atoms with van der Waals surface area (Å²) in [7, 11) is 0. The van der Waals surface area contributed by atoms with Gasteiger partial charge in [0.15, 0.2) is 0 Å². The maximum atomic E-state index is 10.4. The van der Waals surface area contributed by atoms with Crippen molar-refractivity contribution < 1.29 is 39.6 Å². The van der Waals surface area contributed by atoms with Crippen molar-refractivity contribution in [2.24, 2.45) is 11.5 Å². The van der Waals surface area contributed by atoms with Crippen LogP contribution in [0.4, 0.5) is 0 Å². The second kappa shape index (κ2) is 14.0. The van der Waals surface area contributed by atoms with Gasteiger partial charge in [-0.25, -0.2) is 0 Å². The average Bonchev–Trinajstić information content (AvgIpc) is 3.18. The lowest BCUT2D eigenvalue weighted by Gasteiger charge is -2.04. The summed E-state index contributed by atoms with van der Waals surface area (Å²) in [4.78, 5) is 40.1. The van der Waals surface area contributed by atoms with Gasteiger partial charge in [0.1, 0.15) is 18.1 Å². The molecule has 0 unspecified atom stereocenters. The van der Waals surface area contributed by atoms with Crippen LogP contribution in [0, 0.1) is 0 Å². The molecule has 0 aromatic heterocycles. The van der Waals surface area contributed by atoms with E-state index in [1.165, 1.54) is 0 Å². The molecule has 1 heterocycles. The minimum absolute atomic E-state index is 0.269. The van der Waals surface area contributed by atoms with Gasteiger partial charge >= 0.3 is 23.9 Å². The average molecular weight is 413 g/mol. The zero-order valence-corrected chi connectivity index (χ0v) is 15.7. The van der Waals surface area contributed by atoms with Gasteiger partial charge in [0.2, 0.25) is 0 Å². The van der Waals surface area contributed by atoms with E-state index in [-0.39, 0.29) is 6.04 Å². The first-order valence-corrected chi connectivity index (χ1v) is 8.73. The Balaban J connectivity index is 0.000000416. The molecule has 1 aliphatic rings. The van der Waals surface area contributed by atoms with E-state index in [0.717, 1.165) is 24.9 Å². The van der Waals surface area contributed by atoms with Crippen LogP contribution in [0.5, 0.6) is 0 Å². The number of carboxylic acids is 4. The highest BCUT2D eigenvalue weighted by Gasteiger charge is 2.20. The fraction of sp³-hybridized carbons (Fsp3) is 0.444. The van der Waals surface area contributed by atoms with Crippen LogP contribution in [0.1, 0.15) is 24.8 Å². The number of nitrogens with one attached hydrogen (secondary N) is 1. The van der Waals surface area contributed by atoms with Crippen LogP contribution in [0.15, 0.2) is 30.3 Å². The van der Waals surface area contributed by atoms with Crippen molar-refractivity contribution in [2.45, 2.75) is 43.8 Å². The minimum atomic E-state index is -1.29. The Hall–Kier alpha value is -3.02. The summed E-state index contributed by atoms with van der Waals surface area (Å²) >= 11 is 0. The molecule has 0 radical (unpaired) electrons. The number of hydrogen-bond acceptors (Lipinski definition) is 7. The first kappa shape index (κ1) is 26.0. The van der Waals surface area contributed by atoms with E-state index < -0.39 is 42.4 Å². The quantitative estimate of drug-likeness (QED) is 0.298. The molecule has 11 heteroatoms. The van der Waals surface area contributed by atoms with Crippen molar-refractivity contribution in [3.8, 4) is 0 Å². The molecule has 11 nitrogen and oxygen atoms in total. The van der Waals surface area contributed by atoms with Crippen LogP contribution < -0.4 is 16.8 Å². The number of carboxylic acid groups (broad SMARTS) is 4. The maximum Gasteiger partial charge on any atom is 0.321 e. The Kier molecular flexibility index (Phi) is 12.6. The Morgan fingerprint density at radius 2 is 1.52 bits per heavy atom. The van der Waals surface area contributed by atoms with Gasteiger partial charge in [0.25, 0.3) is 0 Å². The number of rotatable bonds is 7. The van der Waals surface area contributed by atoms with Gasteiger partial charge in [-0.1, -0.05) is 30.3 Å². The number of nitrogens with two attached hydrogens (primary N) is 2. The summed E-state index contributed by atoms with van der Waals surface area (Å²) in [6, 6.07) is 6.99. The van der Waals surface area contributed by atoms with Gasteiger partial charge in [-0.2, -0.15) is 0 Å². The van der Waals surface area contributed by atoms with Crippen molar-refractivity contribution in [1.82, 2.24) is 5.32 Å². The fourth-order valence-electron chi connectivity index (χ4n) is 2.13. The first-order valence-electron chi connectivity index (χ1n) is 8.73. The molecule has 1 aromatic carbocycles. The molecule has 2 rings (SSSR count). The second-order valence-corrected chi connectivity index (χ2v) is 6.16. The van der Waals surface area contributed by atoms with E-state index in [4.69, 9.17) is 31.9 Å². The predicted molar refractivity (Wildman–Crippen MR) is 102 cm³/mol. The lowest BCUT2D eigenvalue weighted by Crippen LogP contribution is -2.32. The standard InChI is InChI=1S/C9H11NO2.C5H9NO2.C4H7NO4/c10-8(9(11)12)6-7-4-2-1-3-5-7;7-5(8)4-2-1-3-6-4;5-2(4(8)9)1-3(6)7/h1-5,8H,6,10H2,(H,11,12);4,6H,1-3H2,(H,7,8);2H,1,5H2,(H,6,7)(H,8,9)/t8-;4-;2-/m000/s1. The Morgan fingerprint density at radius 1 is 0.966 bits per heavy atom. The SMILES string of the molecule is N[C@@H](CC(=O)O)C(=O)O.N[C@@H](Cc1ccccc1)C(=O)O.O=C(O)[C@@H]1CCCN1. The van der Waals surface area contributed by atoms with Crippen LogP contribution in [-0.2, 0) is 25.6 Å². The number of hydrogen-bond donors (Lipinski definition) is 7. The van der Waals surface area contributed by atoms with Crippen LogP contribution in [0.25, 0.3) is 0 Å². The minimum Gasteiger partial charge on any atom is -0.481 e. The van der Waals surface area contributed by atoms with Crippen LogP contribution >= 0.6 is 0 Å². The Labute approximate surface area is 167 Å². The highest BCUT2D eigenvalue weighted by Crippen LogP contribution is 2.03. The summed E-state index contributed by atoms with van der Waals surface area (Å²) in [5.74, 6) is -4.18. The fourth-order valence-corrected chi connectivity index (χ4v) is 2.13. The van der Waals surface area contributed by atoms with Gasteiger partial charge in [-0.05, 0) is 31.4 Å². The van der Waals surface area contributed by atoms with Gasteiger partial charge in [-0.3, -0.25) is 19.2 Å². The van der Waals surface area contributed by atoms with Gasteiger partial charge in [-0.15, -0.1) is 0 Å². The Bertz CT molecular complexity index is 662. The lowest BCUT2D eigenvalue weighted by molar-refractivity contribution is -0.144. The summed E-state index contributed by atoms with van der Waals surface area (Å²) in [6.45, 7) is 0.858. The van der Waals surface area contributed by atoms with E-state index in [2.05, 4.69) is 5.32 Å². The molecule has 0 saturated carbocycles. The highest BCUT2D eigenvalue weighted by molar-refractivity contribution is 5.80. The van der Waals surface area contributed by atoms with Gasteiger partial charge < -0.3 is 37.2 Å². The molecule has 3 atom stereocenters. The van der Waals surface area contributed by atoms with Crippen LogP contribution in [-0.4, -0.2) is 69.0 Å². The zero-order valence-electron chi connectivity index (χ0n) is 15.7. The van der Waals surface area contributed by atoms with Crippen molar-refractivity contribution in [3.63, 3.8) is 0 Å². The molecule has 29 heavy (non-hydrogen) atoms. The van der Waals surface area contributed by atoms with Crippen molar-refractivity contribution >= 4 is 23.9 Å². The first-order chi connectivity index (χ1) is 13.5. The molecule has 1 saturated heterocycles. The van der Waals surface area contributed by atoms with Crippen molar-refractivity contribution in [3.05, 3.63) is 35.9 Å². The van der Waals surface area contributed by atoms with E-state index in [1.807, 2.05) is 30.3 Å². The lowest BCUT2D eigenvalue weighted by atomic mass is 10.1. The number of benzene rings is 1. The molecule has 162 valence electrons. The summed E-state index contributed by atoms with van der Waals surface area (Å²) in [5, 5.41) is 35.8. The monoisotopic (exact) mass is 413 g/mol. The highest BCUT2D eigenvalue weighted by atomic mass is 16.4. The molecule has 0 spiro atoms. The normalized spacial score (nSPS) is 16.8. The van der Waals surface area contributed by atoms with Crippen molar-refractivity contribution in [1.29, 1.82) is 0 Å². The summed E-state index contributed by atoms with van der Waals surface area (Å²) < 4.78 is 0. The predicted octanol–water partition coefficient (Wildman–Crippen LogP) is -0.663. The van der Waals surface area contributed by atoms with E-state index >= 15 is 0 Å². The van der Waals surface area contributed by atoms with Crippen LogP contribution in [0.2, 0.25) is 0 Å². The molecule has 1 aromatic rings. The number of aliphatic carboxylic acids is 4. The molecule has 0 aliphatic carbocycles. The molecule has 9 N–H and O–H groups in total. The molecular formula is C18H27N3O8. The van der Waals surface area contributed by atoms with E-state index in [0.29, 0.717) is 6.42 Å².